The van der Waals surface area contributed by atoms with E-state index in [-0.39, 0.29) is 23.1 Å². The Morgan fingerprint density at radius 2 is 1.94 bits per heavy atom. The van der Waals surface area contributed by atoms with E-state index >= 15 is 0 Å². The van der Waals surface area contributed by atoms with Gasteiger partial charge in [-0.15, -0.1) is 16.4 Å². The van der Waals surface area contributed by atoms with E-state index in [0.717, 1.165) is 34.3 Å². The highest BCUT2D eigenvalue weighted by Gasteiger charge is 2.34. The maximum Gasteiger partial charge on any atom is 0.252 e. The highest BCUT2D eigenvalue weighted by molar-refractivity contribution is 7.09. The molecule has 0 amide bonds. The lowest BCUT2D eigenvalue weighted by Gasteiger charge is -2.35. The maximum absolute atomic E-state index is 13.2. The lowest BCUT2D eigenvalue weighted by Crippen LogP contribution is -2.38. The summed E-state index contributed by atoms with van der Waals surface area (Å²) in [6, 6.07) is 10.4. The van der Waals surface area contributed by atoms with Crippen molar-refractivity contribution in [1.29, 1.82) is 0 Å². The third-order valence-electron chi connectivity index (χ3n) is 6.90. The molecule has 0 saturated heterocycles. The average molecular weight is 493 g/mol. The van der Waals surface area contributed by atoms with Gasteiger partial charge in [0.05, 0.1) is 17.1 Å². The second-order valence-electron chi connectivity index (χ2n) is 10.5. The lowest BCUT2D eigenvalue weighted by molar-refractivity contribution is 0.119. The summed E-state index contributed by atoms with van der Waals surface area (Å²) in [5, 5.41) is 16.1. The molecule has 4 aromatic rings. The van der Waals surface area contributed by atoms with Crippen molar-refractivity contribution in [2.75, 3.05) is 0 Å². The van der Waals surface area contributed by atoms with E-state index in [0.29, 0.717) is 13.1 Å². The van der Waals surface area contributed by atoms with E-state index in [1.165, 1.54) is 10.4 Å². The van der Waals surface area contributed by atoms with E-state index in [4.69, 9.17) is 0 Å². The number of hydrogen-bond donors (Lipinski definition) is 1. The Labute approximate surface area is 211 Å². The van der Waals surface area contributed by atoms with Gasteiger partial charge in [-0.25, -0.2) is 4.68 Å². The molecule has 0 fully saturated rings. The van der Waals surface area contributed by atoms with Crippen molar-refractivity contribution in [3.05, 3.63) is 73.5 Å². The molecule has 186 valence electrons. The quantitative estimate of drug-likeness (QED) is 0.322. The molecule has 0 saturated carbocycles. The van der Waals surface area contributed by atoms with Crippen LogP contribution in [-0.2, 0) is 18.6 Å². The second kappa shape index (κ2) is 10.0. The van der Waals surface area contributed by atoms with E-state index in [9.17, 15) is 4.79 Å². The number of pyridine rings is 1. The Balaban J connectivity index is 1.81. The molecule has 1 unspecified atom stereocenters. The molecule has 0 bridgehead atoms. The summed E-state index contributed by atoms with van der Waals surface area (Å²) in [5.74, 6) is 1.07. The van der Waals surface area contributed by atoms with Gasteiger partial charge in [0, 0.05) is 23.5 Å². The molecule has 0 radical (unpaired) electrons. The Kier molecular flexibility index (Phi) is 7.24. The normalized spacial score (nSPS) is 13.3. The number of tetrazole rings is 1. The molecule has 0 aliphatic rings. The monoisotopic (exact) mass is 492 g/mol. The number of thiophene rings is 1. The summed E-state index contributed by atoms with van der Waals surface area (Å²) >= 11 is 1.73. The van der Waals surface area contributed by atoms with E-state index in [1.54, 1.807) is 11.3 Å². The molecule has 0 aliphatic carbocycles. The zero-order chi connectivity index (χ0) is 25.3. The number of rotatable bonds is 9. The molecule has 35 heavy (non-hydrogen) atoms. The molecule has 8 heteroatoms. The van der Waals surface area contributed by atoms with Crippen LogP contribution in [0, 0.1) is 19.8 Å². The predicted molar refractivity (Wildman–Crippen MR) is 143 cm³/mol. The average Bonchev–Trinajstić information content (AvgIpc) is 3.47. The van der Waals surface area contributed by atoms with Crippen molar-refractivity contribution in [2.24, 2.45) is 5.92 Å². The van der Waals surface area contributed by atoms with Gasteiger partial charge < -0.3 is 4.98 Å². The summed E-state index contributed by atoms with van der Waals surface area (Å²) in [4.78, 5) is 20.0. The summed E-state index contributed by atoms with van der Waals surface area (Å²) in [7, 11) is 0. The van der Waals surface area contributed by atoms with Crippen molar-refractivity contribution in [3.8, 4) is 0 Å². The summed E-state index contributed by atoms with van der Waals surface area (Å²) in [6.07, 6.45) is 0.907. The molecule has 3 aromatic heterocycles. The van der Waals surface area contributed by atoms with Gasteiger partial charge in [-0.1, -0.05) is 38.5 Å². The number of benzene rings is 1. The third-order valence-corrected chi connectivity index (χ3v) is 7.77. The molecule has 3 heterocycles. The first kappa shape index (κ1) is 25.3. The first-order chi connectivity index (χ1) is 16.6. The molecular weight excluding hydrogens is 456 g/mol. The minimum atomic E-state index is -0.212. The molecule has 4 rings (SSSR count). The summed E-state index contributed by atoms with van der Waals surface area (Å²) in [6.45, 7) is 16.2. The van der Waals surface area contributed by atoms with Gasteiger partial charge in [0.25, 0.3) is 5.56 Å². The number of hydrogen-bond acceptors (Lipinski definition) is 6. The molecule has 1 aromatic carbocycles. The number of aryl methyl sites for hydroxylation is 2. The van der Waals surface area contributed by atoms with Crippen LogP contribution in [0.4, 0.5) is 0 Å². The van der Waals surface area contributed by atoms with Gasteiger partial charge in [0.15, 0.2) is 5.82 Å². The van der Waals surface area contributed by atoms with Gasteiger partial charge in [-0.3, -0.25) is 9.69 Å². The molecular formula is C27H36N6OS. The zero-order valence-corrected chi connectivity index (χ0v) is 22.6. The van der Waals surface area contributed by atoms with Crippen LogP contribution in [-0.4, -0.2) is 30.1 Å². The lowest BCUT2D eigenvalue weighted by atomic mass is 9.97. The van der Waals surface area contributed by atoms with Crippen LogP contribution in [0.25, 0.3) is 10.9 Å². The fourth-order valence-corrected chi connectivity index (χ4v) is 5.50. The number of aromatic amines is 1. The number of fused-ring (bicyclic) bond motifs is 1. The molecule has 0 spiro atoms. The Hall–Kier alpha value is -2.84. The van der Waals surface area contributed by atoms with Crippen molar-refractivity contribution in [3.63, 3.8) is 0 Å². The maximum atomic E-state index is 13.2. The SMILES string of the molecule is CCC(C)(C)n1nnnc1C(C(C)C)N(Cc1cccs1)Cc1cc2cc(C)cc(C)c2[nH]c1=O. The van der Waals surface area contributed by atoms with E-state index in [1.807, 2.05) is 17.7 Å². The standard InChI is InChI=1S/C27H36N6OS/c1-8-27(6,7)33-25(29-30-31-33)24(17(2)3)32(16-22-10-9-11-35-22)15-21-14-20-13-18(4)12-19(5)23(20)28-26(21)34/h9-14,17,24H,8,15-16H2,1-7H3,(H,28,34). The summed E-state index contributed by atoms with van der Waals surface area (Å²) < 4.78 is 1.97. The molecule has 7 nitrogen and oxygen atoms in total. The second-order valence-corrected chi connectivity index (χ2v) is 11.5. The van der Waals surface area contributed by atoms with Crippen LogP contribution in [0.1, 0.15) is 74.5 Å². The third kappa shape index (κ3) is 5.23. The minimum absolute atomic E-state index is 0.0448. The fourth-order valence-electron chi connectivity index (χ4n) is 4.77. The van der Waals surface area contributed by atoms with Crippen molar-refractivity contribution in [1.82, 2.24) is 30.1 Å². The van der Waals surface area contributed by atoms with Gasteiger partial charge in [0.1, 0.15) is 0 Å². The number of H-pyrrole nitrogens is 1. The summed E-state index contributed by atoms with van der Waals surface area (Å²) in [5.41, 5.74) is 3.67. The highest BCUT2D eigenvalue weighted by atomic mass is 32.1. The van der Waals surface area contributed by atoms with E-state index in [2.05, 4.69) is 96.6 Å². The van der Waals surface area contributed by atoms with Gasteiger partial charge in [-0.05, 0) is 85.0 Å². The van der Waals surface area contributed by atoms with Crippen LogP contribution >= 0.6 is 11.3 Å². The minimum Gasteiger partial charge on any atom is -0.321 e. The number of nitrogens with zero attached hydrogens (tertiary/aromatic N) is 5. The predicted octanol–water partition coefficient (Wildman–Crippen LogP) is 5.74. The molecule has 1 N–H and O–H groups in total. The van der Waals surface area contributed by atoms with Crippen LogP contribution in [0.5, 0.6) is 0 Å². The molecule has 0 aliphatic heterocycles. The first-order valence-corrected chi connectivity index (χ1v) is 13.2. The van der Waals surface area contributed by atoms with E-state index < -0.39 is 0 Å². The highest BCUT2D eigenvalue weighted by Crippen LogP contribution is 2.33. The van der Waals surface area contributed by atoms with Gasteiger partial charge in [0.2, 0.25) is 0 Å². The van der Waals surface area contributed by atoms with Crippen molar-refractivity contribution in [2.45, 2.75) is 79.6 Å². The van der Waals surface area contributed by atoms with Crippen molar-refractivity contribution < 1.29 is 0 Å². The fraction of sp³-hybridized carbons (Fsp3) is 0.481. The van der Waals surface area contributed by atoms with Crippen LogP contribution in [0.15, 0.2) is 40.5 Å². The number of aromatic nitrogens is 5. The Bertz CT molecular complexity index is 1350. The smallest absolute Gasteiger partial charge is 0.252 e. The van der Waals surface area contributed by atoms with Crippen molar-refractivity contribution >= 4 is 22.2 Å². The van der Waals surface area contributed by atoms with Gasteiger partial charge >= 0.3 is 0 Å². The van der Waals surface area contributed by atoms with Crippen LogP contribution < -0.4 is 5.56 Å². The zero-order valence-electron chi connectivity index (χ0n) is 21.8. The topological polar surface area (TPSA) is 79.7 Å². The first-order valence-electron chi connectivity index (χ1n) is 12.3. The van der Waals surface area contributed by atoms with Crippen LogP contribution in [0.3, 0.4) is 0 Å². The van der Waals surface area contributed by atoms with Gasteiger partial charge in [-0.2, -0.15) is 0 Å². The number of nitrogens with one attached hydrogen (secondary N) is 1. The molecule has 1 atom stereocenters. The Morgan fingerprint density at radius 3 is 2.60 bits per heavy atom. The largest absolute Gasteiger partial charge is 0.321 e. The van der Waals surface area contributed by atoms with Crippen LogP contribution in [0.2, 0.25) is 0 Å². The Morgan fingerprint density at radius 1 is 1.17 bits per heavy atom.